The average molecular weight is 528 g/mol. The summed E-state index contributed by atoms with van der Waals surface area (Å²) in [5.41, 5.74) is 1.06. The molecular weight excluding hydrogens is 498 g/mol. The molecule has 34 heavy (non-hydrogen) atoms. The van der Waals surface area contributed by atoms with Gasteiger partial charge in [0, 0.05) is 31.0 Å². The number of sulfone groups is 1. The third kappa shape index (κ3) is 6.38. The molecule has 0 spiro atoms. The number of likely N-dealkylation sites (N-methyl/N-ethyl adjacent to an activating group) is 1. The molecule has 1 aromatic heterocycles. The summed E-state index contributed by atoms with van der Waals surface area (Å²) in [5.74, 6) is 0.800. The van der Waals surface area contributed by atoms with Crippen LogP contribution in [0.3, 0.4) is 0 Å². The Balaban J connectivity index is 0.00000408. The lowest BCUT2D eigenvalue weighted by Crippen LogP contribution is -2.38. The highest BCUT2D eigenvalue weighted by molar-refractivity contribution is 7.90. The van der Waals surface area contributed by atoms with E-state index in [2.05, 4.69) is 23.7 Å². The van der Waals surface area contributed by atoms with E-state index in [-0.39, 0.29) is 23.2 Å². The summed E-state index contributed by atoms with van der Waals surface area (Å²) >= 11 is 1.29. The van der Waals surface area contributed by atoms with Crippen LogP contribution in [0.5, 0.6) is 11.5 Å². The van der Waals surface area contributed by atoms with E-state index in [1.165, 1.54) is 37.9 Å². The number of ether oxygens (including phenoxy) is 2. The van der Waals surface area contributed by atoms with Crippen LogP contribution in [0.25, 0.3) is 10.2 Å². The predicted molar refractivity (Wildman–Crippen MR) is 139 cm³/mol. The number of nitrogens with zero attached hydrogens (tertiary/aromatic N) is 3. The van der Waals surface area contributed by atoms with Crippen molar-refractivity contribution >= 4 is 54.8 Å². The highest BCUT2D eigenvalue weighted by atomic mass is 35.5. The Bertz CT molecular complexity index is 1220. The van der Waals surface area contributed by atoms with Crippen LogP contribution in [-0.2, 0) is 9.84 Å². The summed E-state index contributed by atoms with van der Waals surface area (Å²) in [4.78, 5) is 22.4. The summed E-state index contributed by atoms with van der Waals surface area (Å²) in [6, 6.07) is 9.87. The Morgan fingerprint density at radius 3 is 2.15 bits per heavy atom. The van der Waals surface area contributed by atoms with E-state index in [0.29, 0.717) is 45.5 Å². The Morgan fingerprint density at radius 1 is 1.00 bits per heavy atom. The Morgan fingerprint density at radius 2 is 1.62 bits per heavy atom. The second kappa shape index (κ2) is 11.8. The zero-order valence-electron chi connectivity index (χ0n) is 19.9. The number of carbonyl (C=O) groups excluding carboxylic acids is 1. The van der Waals surface area contributed by atoms with E-state index in [4.69, 9.17) is 9.47 Å². The molecule has 0 aliphatic heterocycles. The first-order valence-electron chi connectivity index (χ1n) is 10.6. The van der Waals surface area contributed by atoms with E-state index in [1.54, 1.807) is 35.2 Å². The van der Waals surface area contributed by atoms with Gasteiger partial charge in [0.2, 0.25) is 0 Å². The maximum atomic E-state index is 13.6. The largest absolute Gasteiger partial charge is 0.497 e. The lowest BCUT2D eigenvalue weighted by atomic mass is 10.1. The monoisotopic (exact) mass is 527 g/mol. The summed E-state index contributed by atoms with van der Waals surface area (Å²) in [5, 5.41) is 0.509. The summed E-state index contributed by atoms with van der Waals surface area (Å²) in [7, 11) is -0.273. The molecular formula is C23H30ClN3O5S2. The number of thiazole rings is 1. The normalized spacial score (nSPS) is 11.4. The molecule has 186 valence electrons. The standard InChI is InChI=1S/C23H29N3O5S2.ClH/c1-6-25(7-2)10-11-26(22(27)16-12-17(30-3)14-18(13-16)31-4)23-24-20-9-8-19(33(5,28)29)15-21(20)32-23;/h8-9,12-15H,6-7,10-11H2,1-5H3;1H. The fourth-order valence-corrected chi connectivity index (χ4v) is 5.14. The number of hydrogen-bond donors (Lipinski definition) is 0. The van der Waals surface area contributed by atoms with Gasteiger partial charge in [0.25, 0.3) is 5.91 Å². The first kappa shape index (κ1) is 27.8. The van der Waals surface area contributed by atoms with Gasteiger partial charge in [-0.1, -0.05) is 25.2 Å². The van der Waals surface area contributed by atoms with E-state index in [0.717, 1.165) is 13.1 Å². The third-order valence-corrected chi connectivity index (χ3v) is 7.54. The lowest BCUT2D eigenvalue weighted by molar-refractivity contribution is 0.0983. The molecule has 0 atom stereocenters. The van der Waals surface area contributed by atoms with E-state index in [9.17, 15) is 13.2 Å². The maximum Gasteiger partial charge on any atom is 0.260 e. The topological polar surface area (TPSA) is 89.0 Å². The van der Waals surface area contributed by atoms with Crippen molar-refractivity contribution in [3.05, 3.63) is 42.0 Å². The molecule has 11 heteroatoms. The van der Waals surface area contributed by atoms with Crippen LogP contribution in [0.2, 0.25) is 0 Å². The summed E-state index contributed by atoms with van der Waals surface area (Å²) < 4.78 is 35.3. The van der Waals surface area contributed by atoms with Crippen LogP contribution in [0.4, 0.5) is 5.13 Å². The van der Waals surface area contributed by atoms with Crippen molar-refractivity contribution < 1.29 is 22.7 Å². The summed E-state index contributed by atoms with van der Waals surface area (Å²) in [6.45, 7) is 6.98. The zero-order chi connectivity index (χ0) is 24.2. The molecule has 0 unspecified atom stereocenters. The van der Waals surface area contributed by atoms with Gasteiger partial charge in [0.05, 0.1) is 29.3 Å². The molecule has 1 amide bonds. The van der Waals surface area contributed by atoms with Gasteiger partial charge >= 0.3 is 0 Å². The van der Waals surface area contributed by atoms with E-state index in [1.807, 2.05) is 0 Å². The van der Waals surface area contributed by atoms with Crippen molar-refractivity contribution in [2.75, 3.05) is 51.6 Å². The number of methoxy groups -OCH3 is 2. The molecule has 8 nitrogen and oxygen atoms in total. The molecule has 0 bridgehead atoms. The molecule has 1 heterocycles. The Hall–Kier alpha value is -2.40. The number of benzene rings is 2. The minimum Gasteiger partial charge on any atom is -0.497 e. The summed E-state index contributed by atoms with van der Waals surface area (Å²) in [6.07, 6.45) is 1.17. The van der Waals surface area contributed by atoms with Crippen molar-refractivity contribution in [1.82, 2.24) is 9.88 Å². The molecule has 0 fully saturated rings. The number of fused-ring (bicyclic) bond motifs is 1. The number of hydrogen-bond acceptors (Lipinski definition) is 8. The van der Waals surface area contributed by atoms with Crippen molar-refractivity contribution in [2.45, 2.75) is 18.7 Å². The zero-order valence-corrected chi connectivity index (χ0v) is 22.3. The van der Waals surface area contributed by atoms with Crippen LogP contribution in [-0.4, -0.2) is 70.9 Å². The number of aromatic nitrogens is 1. The van der Waals surface area contributed by atoms with Crippen molar-refractivity contribution in [1.29, 1.82) is 0 Å². The van der Waals surface area contributed by atoms with Gasteiger partial charge in [-0.2, -0.15) is 0 Å². The minimum atomic E-state index is -3.34. The van der Waals surface area contributed by atoms with Crippen LogP contribution < -0.4 is 14.4 Å². The van der Waals surface area contributed by atoms with Crippen molar-refractivity contribution in [3.8, 4) is 11.5 Å². The molecule has 2 aromatic carbocycles. The van der Waals surface area contributed by atoms with Crippen LogP contribution in [0.15, 0.2) is 41.3 Å². The van der Waals surface area contributed by atoms with Gasteiger partial charge in [-0.25, -0.2) is 13.4 Å². The molecule has 3 aromatic rings. The van der Waals surface area contributed by atoms with Gasteiger partial charge in [0.15, 0.2) is 15.0 Å². The van der Waals surface area contributed by atoms with Crippen LogP contribution in [0, 0.1) is 0 Å². The van der Waals surface area contributed by atoms with Gasteiger partial charge in [0.1, 0.15) is 11.5 Å². The SMILES string of the molecule is CCN(CC)CCN(C(=O)c1cc(OC)cc(OC)c1)c1nc2ccc(S(C)(=O)=O)cc2s1.Cl. The van der Waals surface area contributed by atoms with Gasteiger partial charge in [-0.15, -0.1) is 12.4 Å². The first-order chi connectivity index (χ1) is 15.7. The first-order valence-corrected chi connectivity index (χ1v) is 13.3. The molecule has 0 aliphatic rings. The minimum absolute atomic E-state index is 0. The van der Waals surface area contributed by atoms with Gasteiger partial charge < -0.3 is 14.4 Å². The highest BCUT2D eigenvalue weighted by Crippen LogP contribution is 2.32. The number of anilines is 1. The van der Waals surface area contributed by atoms with Crippen molar-refractivity contribution in [2.24, 2.45) is 0 Å². The third-order valence-electron chi connectivity index (χ3n) is 5.39. The van der Waals surface area contributed by atoms with Crippen LogP contribution >= 0.6 is 23.7 Å². The second-order valence-corrected chi connectivity index (χ2v) is 10.5. The number of halogens is 1. The predicted octanol–water partition coefficient (Wildman–Crippen LogP) is 4.13. The fraction of sp³-hybridized carbons (Fsp3) is 0.391. The molecule has 0 aliphatic carbocycles. The fourth-order valence-electron chi connectivity index (χ4n) is 3.39. The molecule has 0 N–H and O–H groups in total. The van der Waals surface area contributed by atoms with Gasteiger partial charge in [-0.3, -0.25) is 9.69 Å². The Labute approximate surface area is 210 Å². The number of rotatable bonds is 10. The second-order valence-electron chi connectivity index (χ2n) is 7.48. The highest BCUT2D eigenvalue weighted by Gasteiger charge is 2.23. The lowest BCUT2D eigenvalue weighted by Gasteiger charge is -2.25. The molecule has 0 saturated heterocycles. The van der Waals surface area contributed by atoms with Crippen molar-refractivity contribution in [3.63, 3.8) is 0 Å². The smallest absolute Gasteiger partial charge is 0.260 e. The van der Waals surface area contributed by atoms with Gasteiger partial charge in [-0.05, 0) is 43.4 Å². The molecule has 0 saturated carbocycles. The number of carbonyl (C=O) groups is 1. The van der Waals surface area contributed by atoms with Crippen LogP contribution in [0.1, 0.15) is 24.2 Å². The van der Waals surface area contributed by atoms with E-state index < -0.39 is 9.84 Å². The number of amides is 1. The quantitative estimate of drug-likeness (QED) is 0.391. The van der Waals surface area contributed by atoms with E-state index >= 15 is 0 Å². The maximum absolute atomic E-state index is 13.6. The average Bonchev–Trinajstić information content (AvgIpc) is 3.23. The molecule has 3 rings (SSSR count). The molecule has 0 radical (unpaired) electrons. The Kier molecular flexibility index (Phi) is 9.69.